The molecule has 1 aliphatic heterocycles. The maximum absolute atomic E-state index is 14.1. The predicted molar refractivity (Wildman–Crippen MR) is 162 cm³/mol. The summed E-state index contributed by atoms with van der Waals surface area (Å²) in [6.07, 6.45) is 1.44. The van der Waals surface area contributed by atoms with Gasteiger partial charge in [-0.15, -0.1) is 21.5 Å². The Morgan fingerprint density at radius 3 is 2.80 bits per heavy atom. The third-order valence-electron chi connectivity index (χ3n) is 7.32. The number of thioether (sulfide) groups is 1. The van der Waals surface area contributed by atoms with Crippen molar-refractivity contribution in [1.82, 2.24) is 19.2 Å². The molecule has 2 aromatic carbocycles. The van der Waals surface area contributed by atoms with Gasteiger partial charge in [0.25, 0.3) is 5.56 Å². The highest BCUT2D eigenvalue weighted by Gasteiger charge is 2.30. The van der Waals surface area contributed by atoms with E-state index in [-0.39, 0.29) is 23.3 Å². The molecule has 1 amide bonds. The van der Waals surface area contributed by atoms with Crippen LogP contribution in [-0.4, -0.2) is 44.0 Å². The lowest BCUT2D eigenvalue weighted by Crippen LogP contribution is -2.29. The van der Waals surface area contributed by atoms with E-state index in [2.05, 4.69) is 41.5 Å². The van der Waals surface area contributed by atoms with E-state index in [0.29, 0.717) is 59.7 Å². The number of aromatic nitrogens is 4. The smallest absolute Gasteiger partial charge is 0.263 e. The van der Waals surface area contributed by atoms with Gasteiger partial charge in [0, 0.05) is 29.6 Å². The van der Waals surface area contributed by atoms with Crippen molar-refractivity contribution in [3.05, 3.63) is 81.0 Å². The Balaban J connectivity index is 1.37. The number of hydrogen-bond donors (Lipinski definition) is 1. The van der Waals surface area contributed by atoms with Crippen LogP contribution in [0.5, 0.6) is 5.75 Å². The molecule has 0 spiro atoms. The maximum Gasteiger partial charge on any atom is 0.263 e. The molecular weight excluding hydrogens is 558 g/mol. The van der Waals surface area contributed by atoms with E-state index in [1.54, 1.807) is 29.1 Å². The summed E-state index contributed by atoms with van der Waals surface area (Å²) in [6.45, 7) is 5.24. The average Bonchev–Trinajstić information content (AvgIpc) is 3.58. The van der Waals surface area contributed by atoms with Crippen molar-refractivity contribution in [3.8, 4) is 5.75 Å². The van der Waals surface area contributed by atoms with Crippen molar-refractivity contribution >= 4 is 50.7 Å². The largest absolute Gasteiger partial charge is 0.497 e. The zero-order valence-corrected chi connectivity index (χ0v) is 24.8. The van der Waals surface area contributed by atoms with Crippen LogP contribution in [0.2, 0.25) is 0 Å². The molecule has 11 heteroatoms. The fourth-order valence-electron chi connectivity index (χ4n) is 5.13. The van der Waals surface area contributed by atoms with Gasteiger partial charge >= 0.3 is 0 Å². The highest BCUT2D eigenvalue weighted by Crippen LogP contribution is 2.37. The summed E-state index contributed by atoms with van der Waals surface area (Å²) in [5.74, 6) is 1.44. The molecule has 0 unspecified atom stereocenters. The van der Waals surface area contributed by atoms with E-state index >= 15 is 0 Å². The molecule has 9 nitrogen and oxygen atoms in total. The van der Waals surface area contributed by atoms with Crippen molar-refractivity contribution < 1.29 is 14.3 Å². The molecule has 1 atom stereocenters. The van der Waals surface area contributed by atoms with Gasteiger partial charge in [0.05, 0.1) is 31.0 Å². The van der Waals surface area contributed by atoms with Gasteiger partial charge < -0.3 is 14.8 Å². The Labute approximate surface area is 245 Å². The summed E-state index contributed by atoms with van der Waals surface area (Å²) >= 11 is 2.85. The molecule has 5 aromatic rings. The number of carbonyl (C=O) groups is 1. The highest BCUT2D eigenvalue weighted by atomic mass is 32.2. The lowest BCUT2D eigenvalue weighted by atomic mass is 9.96. The van der Waals surface area contributed by atoms with Gasteiger partial charge in [0.2, 0.25) is 11.7 Å². The Hall–Kier alpha value is -3.67. The molecule has 6 rings (SSSR count). The van der Waals surface area contributed by atoms with Crippen LogP contribution in [0.4, 0.5) is 5.69 Å². The first-order valence-corrected chi connectivity index (χ1v) is 15.4. The summed E-state index contributed by atoms with van der Waals surface area (Å²) in [4.78, 5) is 28.8. The van der Waals surface area contributed by atoms with E-state index in [0.717, 1.165) is 20.8 Å². The summed E-state index contributed by atoms with van der Waals surface area (Å²) in [6, 6.07) is 17.3. The van der Waals surface area contributed by atoms with Gasteiger partial charge in [-0.1, -0.05) is 62.0 Å². The molecule has 0 bridgehead atoms. The number of anilines is 1. The minimum absolute atomic E-state index is 0.0509. The van der Waals surface area contributed by atoms with E-state index in [1.165, 1.54) is 11.8 Å². The number of benzene rings is 2. The predicted octanol–water partition coefficient (Wildman–Crippen LogP) is 5.19. The van der Waals surface area contributed by atoms with Crippen LogP contribution < -0.4 is 15.6 Å². The first kappa shape index (κ1) is 27.5. The van der Waals surface area contributed by atoms with E-state index in [9.17, 15) is 9.59 Å². The number of aryl methyl sites for hydroxylation is 2. The van der Waals surface area contributed by atoms with Crippen LogP contribution in [0.3, 0.4) is 0 Å². The van der Waals surface area contributed by atoms with E-state index in [4.69, 9.17) is 9.47 Å². The molecule has 0 aliphatic carbocycles. The monoisotopic (exact) mass is 589 g/mol. The number of fused-ring (bicyclic) bond motifs is 5. The average molecular weight is 590 g/mol. The van der Waals surface area contributed by atoms with Crippen LogP contribution in [0.1, 0.15) is 29.9 Å². The zero-order chi connectivity index (χ0) is 28.5. The second kappa shape index (κ2) is 11.7. The molecule has 0 saturated carbocycles. The van der Waals surface area contributed by atoms with Crippen molar-refractivity contribution in [2.24, 2.45) is 5.92 Å². The second-order valence-electron chi connectivity index (χ2n) is 10.4. The third-order valence-corrected chi connectivity index (χ3v) is 9.44. The zero-order valence-electron chi connectivity index (χ0n) is 23.1. The number of nitrogens with zero attached hydrogens (tertiary/aromatic N) is 4. The maximum atomic E-state index is 14.1. The molecule has 1 aliphatic rings. The minimum atomic E-state index is -0.174. The number of ether oxygens (including phenoxy) is 2. The Morgan fingerprint density at radius 1 is 1.20 bits per heavy atom. The molecule has 0 saturated heterocycles. The Morgan fingerprint density at radius 2 is 2.02 bits per heavy atom. The van der Waals surface area contributed by atoms with Crippen LogP contribution in [0.25, 0.3) is 16.0 Å². The lowest BCUT2D eigenvalue weighted by molar-refractivity contribution is -0.113. The second-order valence-corrected chi connectivity index (χ2v) is 12.4. The molecule has 0 radical (unpaired) electrons. The quantitative estimate of drug-likeness (QED) is 0.236. The highest BCUT2D eigenvalue weighted by molar-refractivity contribution is 7.99. The van der Waals surface area contributed by atoms with Crippen LogP contribution in [0, 0.1) is 5.92 Å². The normalized spacial score (nSPS) is 15.0. The van der Waals surface area contributed by atoms with Gasteiger partial charge in [-0.3, -0.25) is 14.2 Å². The number of rotatable bonds is 9. The summed E-state index contributed by atoms with van der Waals surface area (Å²) in [5, 5.41) is 13.1. The van der Waals surface area contributed by atoms with E-state index in [1.807, 2.05) is 40.8 Å². The van der Waals surface area contributed by atoms with Crippen LogP contribution in [0.15, 0.2) is 64.5 Å². The summed E-state index contributed by atoms with van der Waals surface area (Å²) in [7, 11) is 1.59. The number of carbonyl (C=O) groups excluding carboxylic acids is 1. The van der Waals surface area contributed by atoms with Crippen molar-refractivity contribution in [1.29, 1.82) is 0 Å². The van der Waals surface area contributed by atoms with Gasteiger partial charge in [-0.25, -0.2) is 4.40 Å². The lowest BCUT2D eigenvalue weighted by Gasteiger charge is -2.26. The number of nitrogens with one attached hydrogen (secondary N) is 1. The molecule has 3 aromatic heterocycles. The Kier molecular flexibility index (Phi) is 7.83. The molecule has 4 heterocycles. The molecular formula is C30H31N5O4S2. The minimum Gasteiger partial charge on any atom is -0.497 e. The molecule has 41 heavy (non-hydrogen) atoms. The van der Waals surface area contributed by atoms with Gasteiger partial charge in [0.1, 0.15) is 10.6 Å². The number of methoxy groups -OCH3 is 1. The van der Waals surface area contributed by atoms with Crippen molar-refractivity contribution in [2.75, 3.05) is 18.2 Å². The van der Waals surface area contributed by atoms with Crippen LogP contribution >= 0.6 is 23.1 Å². The van der Waals surface area contributed by atoms with Gasteiger partial charge in [0.15, 0.2) is 5.16 Å². The fraction of sp³-hybridized carbons (Fsp3) is 0.333. The van der Waals surface area contributed by atoms with Crippen molar-refractivity contribution in [3.63, 3.8) is 0 Å². The standard InChI is InChI=1S/C30H31N5O4S2/c1-18(2)23-15-22-24(16-39-23)41-28-26(22)27(37)34(13-12-19-8-5-4-6-9-19)29-32-33-30(35(28)29)40-17-25(36)31-20-10-7-11-21(14-20)38-3/h4-11,14,18,23H,12-13,15-17H2,1-3H3,(H,31,36)/t23-/m0/s1. The van der Waals surface area contributed by atoms with E-state index < -0.39 is 0 Å². The Bertz CT molecular complexity index is 1780. The van der Waals surface area contributed by atoms with Gasteiger partial charge in [-0.2, -0.15) is 0 Å². The number of thiophene rings is 1. The third kappa shape index (κ3) is 5.49. The summed E-state index contributed by atoms with van der Waals surface area (Å²) in [5.41, 5.74) is 2.81. The molecule has 0 fully saturated rings. The first-order valence-electron chi connectivity index (χ1n) is 13.6. The van der Waals surface area contributed by atoms with Crippen molar-refractivity contribution in [2.45, 2.75) is 51.1 Å². The summed E-state index contributed by atoms with van der Waals surface area (Å²) < 4.78 is 15.1. The van der Waals surface area contributed by atoms with Crippen LogP contribution in [-0.2, 0) is 35.5 Å². The topological polar surface area (TPSA) is 99.7 Å². The fourth-order valence-corrected chi connectivity index (χ4v) is 7.16. The first-order chi connectivity index (χ1) is 19.9. The molecule has 212 valence electrons. The number of amides is 1. The number of hydrogen-bond acceptors (Lipinski definition) is 8. The van der Waals surface area contributed by atoms with Gasteiger partial charge in [-0.05, 0) is 35.6 Å². The molecule has 1 N–H and O–H groups in total. The SMILES string of the molecule is COc1cccc(NC(=O)CSc2nnc3n(CCc4ccccc4)c(=O)c4c5c(sc4n23)CO[C@H](C(C)C)C5)c1.